The lowest BCUT2D eigenvalue weighted by Crippen LogP contribution is -2.37. The predicted octanol–water partition coefficient (Wildman–Crippen LogP) is 2.65. The number of hydrogen-bond donors (Lipinski definition) is 2. The summed E-state index contributed by atoms with van der Waals surface area (Å²) in [5, 5.41) is 20.2. The van der Waals surface area contributed by atoms with Crippen LogP contribution < -0.4 is 4.74 Å². The lowest BCUT2D eigenvalue weighted by atomic mass is 10.1. The lowest BCUT2D eigenvalue weighted by Gasteiger charge is -2.24. The molecular weight excluding hydrogens is 408 g/mol. The number of aliphatic hydroxyl groups is 1. The van der Waals surface area contributed by atoms with Crippen molar-refractivity contribution in [3.05, 3.63) is 65.9 Å². The summed E-state index contributed by atoms with van der Waals surface area (Å²) in [4.78, 5) is 24.3. The molecule has 1 aliphatic rings. The Hall–Kier alpha value is -3.23. The molecule has 4 rings (SSSR count). The fourth-order valence-electron chi connectivity index (χ4n) is 4.26. The van der Waals surface area contributed by atoms with Crippen LogP contribution in [-0.4, -0.2) is 75.5 Å². The third kappa shape index (κ3) is 5.15. The summed E-state index contributed by atoms with van der Waals surface area (Å²) >= 11 is 0. The van der Waals surface area contributed by atoms with Gasteiger partial charge in [0, 0.05) is 50.9 Å². The van der Waals surface area contributed by atoms with Gasteiger partial charge in [-0.25, -0.2) is 9.78 Å². The highest BCUT2D eigenvalue weighted by Gasteiger charge is 2.33. The second-order valence-corrected chi connectivity index (χ2v) is 8.18. The fourth-order valence-corrected chi connectivity index (χ4v) is 4.26. The molecule has 168 valence electrons. The summed E-state index contributed by atoms with van der Waals surface area (Å²) in [6.45, 7) is 2.55. The second kappa shape index (κ2) is 9.93. The fraction of sp³-hybridized carbons (Fsp3) is 0.375. The van der Waals surface area contributed by atoms with Crippen LogP contribution in [0.3, 0.4) is 0 Å². The Morgan fingerprint density at radius 2 is 2.00 bits per heavy atom. The van der Waals surface area contributed by atoms with Gasteiger partial charge in [-0.2, -0.15) is 0 Å². The molecule has 1 fully saturated rings. The molecule has 32 heavy (non-hydrogen) atoms. The number of rotatable bonds is 8. The van der Waals surface area contributed by atoms with E-state index in [1.807, 2.05) is 42.5 Å². The number of likely N-dealkylation sites (tertiary alicyclic amines) is 1. The first-order valence-electron chi connectivity index (χ1n) is 10.7. The molecule has 2 aromatic heterocycles. The molecule has 1 saturated heterocycles. The quantitative estimate of drug-likeness (QED) is 0.560. The number of nitrogens with zero attached hydrogens (tertiary/aromatic N) is 4. The van der Waals surface area contributed by atoms with Gasteiger partial charge in [-0.1, -0.05) is 30.3 Å². The third-order valence-electron chi connectivity index (χ3n) is 5.97. The number of aromatic nitrogens is 2. The van der Waals surface area contributed by atoms with Crippen molar-refractivity contribution in [1.82, 2.24) is 19.8 Å². The number of fused-ring (bicyclic) bond motifs is 1. The maximum absolute atomic E-state index is 11.8. The first-order chi connectivity index (χ1) is 15.5. The van der Waals surface area contributed by atoms with Crippen LogP contribution in [0.25, 0.3) is 11.0 Å². The van der Waals surface area contributed by atoms with E-state index < -0.39 is 12.2 Å². The number of amides is 1. The highest BCUT2D eigenvalue weighted by molar-refractivity contribution is 5.78. The van der Waals surface area contributed by atoms with Gasteiger partial charge in [-0.3, -0.25) is 9.88 Å². The van der Waals surface area contributed by atoms with Gasteiger partial charge in [0.15, 0.2) is 0 Å². The number of ether oxygens (including phenoxy) is 1. The molecule has 8 heteroatoms. The average Bonchev–Trinajstić information content (AvgIpc) is 3.16. The molecule has 1 aromatic carbocycles. The summed E-state index contributed by atoms with van der Waals surface area (Å²) in [6.07, 6.45) is 1.01. The highest BCUT2D eigenvalue weighted by atomic mass is 16.5. The minimum atomic E-state index is -0.970. The first kappa shape index (κ1) is 22.0. The number of benzene rings is 1. The summed E-state index contributed by atoms with van der Waals surface area (Å²) < 4.78 is 5.25. The van der Waals surface area contributed by atoms with E-state index in [-0.39, 0.29) is 5.92 Å². The van der Waals surface area contributed by atoms with Crippen LogP contribution in [0.5, 0.6) is 5.88 Å². The van der Waals surface area contributed by atoms with Crippen LogP contribution in [-0.2, 0) is 13.0 Å². The zero-order valence-corrected chi connectivity index (χ0v) is 18.1. The zero-order valence-electron chi connectivity index (χ0n) is 18.1. The van der Waals surface area contributed by atoms with Crippen molar-refractivity contribution in [2.24, 2.45) is 5.92 Å². The minimum absolute atomic E-state index is 0.123. The highest BCUT2D eigenvalue weighted by Crippen LogP contribution is 2.22. The Bertz CT molecular complexity index is 1060. The van der Waals surface area contributed by atoms with E-state index in [0.29, 0.717) is 32.1 Å². The van der Waals surface area contributed by atoms with E-state index in [9.17, 15) is 15.0 Å². The predicted molar refractivity (Wildman–Crippen MR) is 121 cm³/mol. The maximum Gasteiger partial charge on any atom is 0.407 e. The molecule has 0 saturated carbocycles. The monoisotopic (exact) mass is 436 g/mol. The zero-order chi connectivity index (χ0) is 22.5. The molecular formula is C24H28N4O4. The van der Waals surface area contributed by atoms with E-state index in [1.165, 1.54) is 4.90 Å². The summed E-state index contributed by atoms with van der Waals surface area (Å²) in [5.74, 6) is 0.429. The summed E-state index contributed by atoms with van der Waals surface area (Å²) in [7, 11) is 1.59. The topological polar surface area (TPSA) is 99.0 Å². The van der Waals surface area contributed by atoms with Crippen LogP contribution in [0.2, 0.25) is 0 Å². The number of aliphatic hydroxyl groups excluding tert-OH is 1. The van der Waals surface area contributed by atoms with Gasteiger partial charge in [0.2, 0.25) is 5.88 Å². The van der Waals surface area contributed by atoms with Crippen molar-refractivity contribution < 1.29 is 19.7 Å². The molecule has 0 unspecified atom stereocenters. The number of β-amino-alcohol motifs (C(OH)–C–C–N with tert-alkyl or cyclic N) is 1. The summed E-state index contributed by atoms with van der Waals surface area (Å²) in [5.41, 5.74) is 3.65. The van der Waals surface area contributed by atoms with Crippen molar-refractivity contribution in [2.45, 2.75) is 19.1 Å². The van der Waals surface area contributed by atoms with Crippen molar-refractivity contribution in [2.75, 3.05) is 33.3 Å². The number of carbonyl (C=O) groups is 1. The van der Waals surface area contributed by atoms with Crippen molar-refractivity contribution in [1.29, 1.82) is 0 Å². The van der Waals surface area contributed by atoms with Crippen LogP contribution in [0.1, 0.15) is 11.1 Å². The van der Waals surface area contributed by atoms with Gasteiger partial charge >= 0.3 is 6.09 Å². The lowest BCUT2D eigenvalue weighted by molar-refractivity contribution is 0.0995. The Morgan fingerprint density at radius 3 is 2.75 bits per heavy atom. The Kier molecular flexibility index (Phi) is 6.82. The van der Waals surface area contributed by atoms with Crippen LogP contribution >= 0.6 is 0 Å². The molecule has 0 bridgehead atoms. The van der Waals surface area contributed by atoms with Gasteiger partial charge in [0.25, 0.3) is 0 Å². The molecule has 3 aromatic rings. The van der Waals surface area contributed by atoms with Gasteiger partial charge in [0.1, 0.15) is 0 Å². The largest absolute Gasteiger partial charge is 0.481 e. The Morgan fingerprint density at radius 1 is 1.19 bits per heavy atom. The van der Waals surface area contributed by atoms with Crippen LogP contribution in [0.15, 0.2) is 54.7 Å². The van der Waals surface area contributed by atoms with E-state index in [2.05, 4.69) is 14.9 Å². The number of hydrogen-bond acceptors (Lipinski definition) is 6. The van der Waals surface area contributed by atoms with Gasteiger partial charge < -0.3 is 19.8 Å². The number of carboxylic acid groups (broad SMARTS) is 1. The minimum Gasteiger partial charge on any atom is -0.481 e. The molecule has 2 N–H and O–H groups in total. The van der Waals surface area contributed by atoms with E-state index >= 15 is 0 Å². The molecule has 0 radical (unpaired) electrons. The molecule has 0 aliphatic carbocycles. The normalized spacial score (nSPS) is 18.7. The number of methoxy groups -OCH3 is 1. The molecule has 1 aliphatic heterocycles. The Labute approximate surface area is 187 Å². The third-order valence-corrected chi connectivity index (χ3v) is 5.97. The molecule has 2 atom stereocenters. The first-order valence-corrected chi connectivity index (χ1v) is 10.7. The van der Waals surface area contributed by atoms with E-state index in [0.717, 1.165) is 35.1 Å². The number of pyridine rings is 2. The van der Waals surface area contributed by atoms with Gasteiger partial charge in [-0.15, -0.1) is 0 Å². The van der Waals surface area contributed by atoms with Crippen LogP contribution in [0.4, 0.5) is 4.79 Å². The second-order valence-electron chi connectivity index (χ2n) is 8.18. The van der Waals surface area contributed by atoms with Gasteiger partial charge in [-0.05, 0) is 29.7 Å². The molecule has 3 heterocycles. The maximum atomic E-state index is 11.8. The SMILES string of the molecule is COc1ccc2nccc(CCN3C[C@@H](CN(Cc4ccccc4)C(=O)O)[C@H](O)C3)c2n1. The van der Waals surface area contributed by atoms with Gasteiger partial charge in [0.05, 0.1) is 24.2 Å². The molecule has 8 nitrogen and oxygen atoms in total. The average molecular weight is 437 g/mol. The van der Waals surface area contributed by atoms with E-state index in [4.69, 9.17) is 4.74 Å². The molecule has 0 spiro atoms. The molecule has 1 amide bonds. The summed E-state index contributed by atoms with van der Waals surface area (Å²) in [6, 6.07) is 15.2. The van der Waals surface area contributed by atoms with Crippen LogP contribution in [0, 0.1) is 5.92 Å². The standard InChI is InChI=1S/C24H28N4O4/c1-32-22-8-7-20-23(26-22)18(9-11-25-20)10-12-27-14-19(21(29)16-27)15-28(24(30)31)13-17-5-3-2-4-6-17/h2-9,11,19,21,29H,10,12-16H2,1H3,(H,30,31)/t19-,21+/m0/s1. The smallest absolute Gasteiger partial charge is 0.407 e. The Balaban J connectivity index is 1.38. The van der Waals surface area contributed by atoms with E-state index in [1.54, 1.807) is 19.4 Å². The van der Waals surface area contributed by atoms with Crippen molar-refractivity contribution in [3.63, 3.8) is 0 Å². The van der Waals surface area contributed by atoms with Crippen molar-refractivity contribution in [3.8, 4) is 5.88 Å². The van der Waals surface area contributed by atoms with Crippen molar-refractivity contribution >= 4 is 17.1 Å².